The highest BCUT2D eigenvalue weighted by Crippen LogP contribution is 2.26. The van der Waals surface area contributed by atoms with Gasteiger partial charge < -0.3 is 15.2 Å². The molecule has 110 valence electrons. The summed E-state index contributed by atoms with van der Waals surface area (Å²) in [5.41, 5.74) is 0.418. The number of carbonyl (C=O) groups excluding carboxylic acids is 1. The quantitative estimate of drug-likeness (QED) is 0.759. The number of carboxylic acids is 1. The van der Waals surface area contributed by atoms with Crippen LogP contribution < -0.4 is 10.1 Å². The molecule has 0 aliphatic rings. The largest absolute Gasteiger partial charge is 0.489 e. The first-order valence-corrected chi connectivity index (χ1v) is 6.74. The number of carboxylic acid groups (broad SMARTS) is 1. The Morgan fingerprint density at radius 2 is 2.10 bits per heavy atom. The first-order chi connectivity index (χ1) is 9.40. The minimum atomic E-state index is -0.877. The Bertz CT molecular complexity index is 488. The van der Waals surface area contributed by atoms with Crippen LogP contribution in [-0.4, -0.2) is 29.6 Å². The van der Waals surface area contributed by atoms with Crippen LogP contribution in [-0.2, 0) is 4.79 Å². The third kappa shape index (κ3) is 5.48. The van der Waals surface area contributed by atoms with Gasteiger partial charge in [0.15, 0.2) is 0 Å². The molecule has 0 saturated carbocycles. The third-order valence-electron chi connectivity index (χ3n) is 2.41. The van der Waals surface area contributed by atoms with Crippen molar-refractivity contribution in [1.29, 1.82) is 0 Å². The number of amides is 1. The standard InChI is InChI=1S/C14H18ClNO4/c1-9(2)20-12-6-5-10(8-11(12)15)14(19)16-7-3-4-13(17)18/h5-6,8-9H,3-4,7H2,1-2H3,(H,16,19)(H,17,18). The van der Waals surface area contributed by atoms with Gasteiger partial charge in [-0.25, -0.2) is 0 Å². The first kappa shape index (κ1) is 16.3. The van der Waals surface area contributed by atoms with E-state index >= 15 is 0 Å². The highest BCUT2D eigenvalue weighted by molar-refractivity contribution is 6.32. The summed E-state index contributed by atoms with van der Waals surface area (Å²) >= 11 is 6.04. The maximum atomic E-state index is 11.8. The minimum Gasteiger partial charge on any atom is -0.489 e. The molecular formula is C14H18ClNO4. The van der Waals surface area contributed by atoms with Crippen LogP contribution in [0.1, 0.15) is 37.0 Å². The molecule has 20 heavy (non-hydrogen) atoms. The van der Waals surface area contributed by atoms with E-state index in [1.54, 1.807) is 12.1 Å². The molecule has 2 N–H and O–H groups in total. The molecule has 1 aromatic carbocycles. The van der Waals surface area contributed by atoms with Gasteiger partial charge in [-0.2, -0.15) is 0 Å². The van der Waals surface area contributed by atoms with Gasteiger partial charge >= 0.3 is 5.97 Å². The van der Waals surface area contributed by atoms with E-state index in [4.69, 9.17) is 21.4 Å². The van der Waals surface area contributed by atoms with Crippen molar-refractivity contribution in [3.63, 3.8) is 0 Å². The normalized spacial score (nSPS) is 10.4. The van der Waals surface area contributed by atoms with Gasteiger partial charge in [-0.15, -0.1) is 0 Å². The Hall–Kier alpha value is -1.75. The second kappa shape index (κ2) is 7.75. The van der Waals surface area contributed by atoms with Gasteiger partial charge in [0, 0.05) is 18.5 Å². The maximum absolute atomic E-state index is 11.8. The van der Waals surface area contributed by atoms with Crippen molar-refractivity contribution in [2.45, 2.75) is 32.8 Å². The fourth-order valence-electron chi connectivity index (χ4n) is 1.54. The molecule has 0 radical (unpaired) electrons. The van der Waals surface area contributed by atoms with Crippen LogP contribution in [0.3, 0.4) is 0 Å². The number of rotatable bonds is 7. The number of halogens is 1. The summed E-state index contributed by atoms with van der Waals surface area (Å²) < 4.78 is 5.48. The SMILES string of the molecule is CC(C)Oc1ccc(C(=O)NCCCC(=O)O)cc1Cl. The van der Waals surface area contributed by atoms with Crippen molar-refractivity contribution in [2.75, 3.05) is 6.54 Å². The van der Waals surface area contributed by atoms with E-state index in [1.165, 1.54) is 6.07 Å². The van der Waals surface area contributed by atoms with Crippen molar-refractivity contribution >= 4 is 23.5 Å². The summed E-state index contributed by atoms with van der Waals surface area (Å²) in [5, 5.41) is 11.5. The Morgan fingerprint density at radius 3 is 2.65 bits per heavy atom. The zero-order valence-electron chi connectivity index (χ0n) is 11.5. The van der Waals surface area contributed by atoms with Gasteiger partial charge in [0.2, 0.25) is 0 Å². The van der Waals surface area contributed by atoms with E-state index in [2.05, 4.69) is 5.32 Å². The fourth-order valence-corrected chi connectivity index (χ4v) is 1.76. The molecule has 0 fully saturated rings. The van der Waals surface area contributed by atoms with Gasteiger partial charge in [-0.05, 0) is 38.5 Å². The second-order valence-corrected chi connectivity index (χ2v) is 4.97. The van der Waals surface area contributed by atoms with Gasteiger partial charge in [-0.3, -0.25) is 9.59 Å². The van der Waals surface area contributed by atoms with Crippen LogP contribution in [0.5, 0.6) is 5.75 Å². The number of nitrogens with one attached hydrogen (secondary N) is 1. The summed E-state index contributed by atoms with van der Waals surface area (Å²) in [6.45, 7) is 4.09. The highest BCUT2D eigenvalue weighted by Gasteiger charge is 2.10. The Labute approximate surface area is 122 Å². The molecule has 1 amide bonds. The van der Waals surface area contributed by atoms with Crippen LogP contribution in [0.2, 0.25) is 5.02 Å². The van der Waals surface area contributed by atoms with Gasteiger partial charge in [-0.1, -0.05) is 11.6 Å². The number of carbonyl (C=O) groups is 2. The van der Waals surface area contributed by atoms with E-state index in [-0.39, 0.29) is 18.4 Å². The van der Waals surface area contributed by atoms with Gasteiger partial charge in [0.1, 0.15) is 5.75 Å². The van der Waals surface area contributed by atoms with Crippen LogP contribution in [0, 0.1) is 0 Å². The average Bonchev–Trinajstić information content (AvgIpc) is 2.36. The summed E-state index contributed by atoms with van der Waals surface area (Å²) in [5.74, 6) is -0.630. The molecule has 5 nitrogen and oxygen atoms in total. The minimum absolute atomic E-state index is 0.00296. The molecule has 0 aromatic heterocycles. The van der Waals surface area contributed by atoms with Crippen molar-refractivity contribution in [3.05, 3.63) is 28.8 Å². The van der Waals surface area contributed by atoms with Gasteiger partial charge in [0.25, 0.3) is 5.91 Å². The summed E-state index contributed by atoms with van der Waals surface area (Å²) in [7, 11) is 0. The van der Waals surface area contributed by atoms with Crippen molar-refractivity contribution in [2.24, 2.45) is 0 Å². The number of benzene rings is 1. The van der Waals surface area contributed by atoms with Crippen LogP contribution in [0.25, 0.3) is 0 Å². The zero-order valence-corrected chi connectivity index (χ0v) is 12.2. The molecule has 0 aliphatic carbocycles. The highest BCUT2D eigenvalue weighted by atomic mass is 35.5. The summed E-state index contributed by atoms with van der Waals surface area (Å²) in [4.78, 5) is 22.2. The van der Waals surface area contributed by atoms with Gasteiger partial charge in [0.05, 0.1) is 11.1 Å². The fraction of sp³-hybridized carbons (Fsp3) is 0.429. The predicted octanol–water partition coefficient (Wildman–Crippen LogP) is 2.72. The van der Waals surface area contributed by atoms with E-state index in [9.17, 15) is 9.59 Å². The predicted molar refractivity (Wildman–Crippen MR) is 76.4 cm³/mol. The molecule has 1 aromatic rings. The smallest absolute Gasteiger partial charge is 0.303 e. The molecule has 0 saturated heterocycles. The lowest BCUT2D eigenvalue weighted by molar-refractivity contribution is -0.137. The van der Waals surface area contributed by atoms with Crippen LogP contribution in [0.15, 0.2) is 18.2 Å². The van der Waals surface area contributed by atoms with Crippen molar-refractivity contribution in [3.8, 4) is 5.75 Å². The number of hydrogen-bond donors (Lipinski definition) is 2. The average molecular weight is 300 g/mol. The van der Waals surface area contributed by atoms with Crippen LogP contribution >= 0.6 is 11.6 Å². The first-order valence-electron chi connectivity index (χ1n) is 6.36. The zero-order chi connectivity index (χ0) is 15.1. The topological polar surface area (TPSA) is 75.6 Å². The molecular weight excluding hydrogens is 282 g/mol. The molecule has 1 rings (SSSR count). The maximum Gasteiger partial charge on any atom is 0.303 e. The van der Waals surface area contributed by atoms with Crippen molar-refractivity contribution in [1.82, 2.24) is 5.32 Å². The van der Waals surface area contributed by atoms with Crippen LogP contribution in [0.4, 0.5) is 0 Å². The monoisotopic (exact) mass is 299 g/mol. The molecule has 0 aliphatic heterocycles. The Kier molecular flexibility index (Phi) is 6.31. The Morgan fingerprint density at radius 1 is 1.40 bits per heavy atom. The van der Waals surface area contributed by atoms with Crippen molar-refractivity contribution < 1.29 is 19.4 Å². The van der Waals surface area contributed by atoms with E-state index in [0.717, 1.165) is 0 Å². The summed E-state index contributed by atoms with van der Waals surface area (Å²) in [6.07, 6.45) is 0.425. The lowest BCUT2D eigenvalue weighted by Gasteiger charge is -2.12. The number of hydrogen-bond acceptors (Lipinski definition) is 3. The second-order valence-electron chi connectivity index (χ2n) is 4.56. The third-order valence-corrected chi connectivity index (χ3v) is 2.71. The Balaban J connectivity index is 2.56. The molecule has 6 heteroatoms. The van der Waals surface area contributed by atoms with E-state index < -0.39 is 5.97 Å². The lowest BCUT2D eigenvalue weighted by Crippen LogP contribution is -2.24. The van der Waals surface area contributed by atoms with E-state index in [0.29, 0.717) is 29.3 Å². The molecule has 0 spiro atoms. The molecule has 0 unspecified atom stereocenters. The summed E-state index contributed by atoms with van der Waals surface area (Å²) in [6, 6.07) is 4.80. The number of aliphatic carboxylic acids is 1. The molecule has 0 atom stereocenters. The molecule has 0 bridgehead atoms. The number of ether oxygens (including phenoxy) is 1. The lowest BCUT2D eigenvalue weighted by atomic mass is 10.2. The van der Waals surface area contributed by atoms with E-state index in [1.807, 2.05) is 13.8 Å². The molecule has 0 heterocycles.